The number of carboxylic acid groups (broad SMARTS) is 1. The molecule has 0 bridgehead atoms. The van der Waals surface area contributed by atoms with Crippen LogP contribution in [0.15, 0.2) is 18.3 Å². The fourth-order valence-electron chi connectivity index (χ4n) is 2.88. The maximum atomic E-state index is 12.1. The number of carbonyl (C=O) groups excluding carboxylic acids is 1. The number of nitrogens with zero attached hydrogens (tertiary/aromatic N) is 1. The minimum absolute atomic E-state index is 0.0428. The van der Waals surface area contributed by atoms with Crippen LogP contribution in [0.3, 0.4) is 0 Å². The van der Waals surface area contributed by atoms with Crippen LogP contribution in [-0.2, 0) is 9.59 Å². The van der Waals surface area contributed by atoms with Gasteiger partial charge in [-0.1, -0.05) is 24.4 Å². The zero-order chi connectivity index (χ0) is 14.6. The number of anilines is 1. The number of halogens is 1. The highest BCUT2D eigenvalue weighted by atomic mass is 35.5. The summed E-state index contributed by atoms with van der Waals surface area (Å²) in [5.74, 6) is -1.05. The number of hydrogen-bond donors (Lipinski definition) is 2. The Bertz CT molecular complexity index is 513. The third-order valence-electron chi connectivity index (χ3n) is 3.76. The Kier molecular flexibility index (Phi) is 4.60. The lowest BCUT2D eigenvalue weighted by molar-refractivity contribution is -0.140. The summed E-state index contributed by atoms with van der Waals surface area (Å²) >= 11 is 5.88. The lowest BCUT2D eigenvalue weighted by atomic mass is 9.79. The fourth-order valence-corrected chi connectivity index (χ4v) is 3.04. The van der Waals surface area contributed by atoms with E-state index in [0.29, 0.717) is 5.69 Å². The number of nitrogens with one attached hydrogen (secondary N) is 1. The summed E-state index contributed by atoms with van der Waals surface area (Å²) in [6.45, 7) is 0. The quantitative estimate of drug-likeness (QED) is 0.818. The maximum Gasteiger partial charge on any atom is 0.303 e. The Balaban J connectivity index is 2.02. The molecule has 1 aliphatic rings. The topological polar surface area (TPSA) is 79.3 Å². The molecule has 1 aliphatic carbocycles. The van der Waals surface area contributed by atoms with Crippen LogP contribution >= 0.6 is 11.6 Å². The van der Waals surface area contributed by atoms with Crippen molar-refractivity contribution >= 4 is 29.2 Å². The standard InChI is InChI=1S/C14H17ClN2O3/c15-13-10(4-3-7-16-13)17-11(18)8-14(9-12(19)20)5-1-2-6-14/h3-4,7H,1-2,5-6,8-9H2,(H,17,18)(H,19,20). The number of aromatic nitrogens is 1. The molecule has 108 valence electrons. The number of hydrogen-bond acceptors (Lipinski definition) is 3. The summed E-state index contributed by atoms with van der Waals surface area (Å²) in [4.78, 5) is 27.0. The Hall–Kier alpha value is -1.62. The number of aliphatic carboxylic acids is 1. The van der Waals surface area contributed by atoms with E-state index in [9.17, 15) is 9.59 Å². The van der Waals surface area contributed by atoms with E-state index in [0.717, 1.165) is 25.7 Å². The molecule has 0 unspecified atom stereocenters. The number of amides is 1. The summed E-state index contributed by atoms with van der Waals surface area (Å²) < 4.78 is 0. The third kappa shape index (κ3) is 3.70. The molecule has 1 fully saturated rings. The first-order valence-electron chi connectivity index (χ1n) is 6.63. The van der Waals surface area contributed by atoms with Gasteiger partial charge in [0.05, 0.1) is 12.1 Å². The molecular weight excluding hydrogens is 280 g/mol. The number of rotatable bonds is 5. The normalized spacial score (nSPS) is 16.9. The van der Waals surface area contributed by atoms with Crippen LogP contribution in [0.25, 0.3) is 0 Å². The second-order valence-corrected chi connectivity index (χ2v) is 5.70. The minimum Gasteiger partial charge on any atom is -0.481 e. The molecular formula is C14H17ClN2O3. The smallest absolute Gasteiger partial charge is 0.303 e. The van der Waals surface area contributed by atoms with Gasteiger partial charge in [-0.15, -0.1) is 0 Å². The zero-order valence-corrected chi connectivity index (χ0v) is 11.8. The molecule has 0 aromatic carbocycles. The van der Waals surface area contributed by atoms with Gasteiger partial charge in [-0.25, -0.2) is 4.98 Å². The molecule has 20 heavy (non-hydrogen) atoms. The van der Waals surface area contributed by atoms with E-state index in [2.05, 4.69) is 10.3 Å². The van der Waals surface area contributed by atoms with Crippen LogP contribution in [0.2, 0.25) is 5.15 Å². The average molecular weight is 297 g/mol. The minimum atomic E-state index is -0.848. The van der Waals surface area contributed by atoms with Crippen molar-refractivity contribution < 1.29 is 14.7 Å². The van der Waals surface area contributed by atoms with Gasteiger partial charge in [0, 0.05) is 12.6 Å². The molecule has 0 radical (unpaired) electrons. The Morgan fingerprint density at radius 3 is 2.65 bits per heavy atom. The molecule has 1 amide bonds. The summed E-state index contributed by atoms with van der Waals surface area (Å²) in [6, 6.07) is 3.36. The number of pyridine rings is 1. The predicted octanol–water partition coefficient (Wildman–Crippen LogP) is 3.10. The van der Waals surface area contributed by atoms with Gasteiger partial charge in [0.1, 0.15) is 0 Å². The molecule has 1 aromatic heterocycles. The average Bonchev–Trinajstić information content (AvgIpc) is 2.79. The van der Waals surface area contributed by atoms with E-state index in [1.165, 1.54) is 0 Å². The fraction of sp³-hybridized carbons (Fsp3) is 0.500. The van der Waals surface area contributed by atoms with E-state index in [4.69, 9.17) is 16.7 Å². The van der Waals surface area contributed by atoms with Gasteiger partial charge >= 0.3 is 5.97 Å². The van der Waals surface area contributed by atoms with Gasteiger partial charge < -0.3 is 10.4 Å². The largest absolute Gasteiger partial charge is 0.481 e. The van der Waals surface area contributed by atoms with Gasteiger partial charge in [0.15, 0.2) is 5.15 Å². The molecule has 0 spiro atoms. The summed E-state index contributed by atoms with van der Waals surface area (Å²) in [6.07, 6.45) is 5.33. The third-order valence-corrected chi connectivity index (χ3v) is 4.06. The van der Waals surface area contributed by atoms with E-state index >= 15 is 0 Å². The van der Waals surface area contributed by atoms with Crippen molar-refractivity contribution in [2.24, 2.45) is 5.41 Å². The van der Waals surface area contributed by atoms with Gasteiger partial charge in [-0.05, 0) is 30.4 Å². The van der Waals surface area contributed by atoms with Crippen LogP contribution in [-0.4, -0.2) is 22.0 Å². The SMILES string of the molecule is O=C(O)CC1(CC(=O)Nc2cccnc2Cl)CCCC1. The highest BCUT2D eigenvalue weighted by molar-refractivity contribution is 6.32. The van der Waals surface area contributed by atoms with Gasteiger partial charge in [-0.3, -0.25) is 9.59 Å². The van der Waals surface area contributed by atoms with Crippen LogP contribution in [0.5, 0.6) is 0 Å². The zero-order valence-electron chi connectivity index (χ0n) is 11.1. The molecule has 2 rings (SSSR count). The van der Waals surface area contributed by atoms with Crippen LogP contribution in [0.4, 0.5) is 5.69 Å². The van der Waals surface area contributed by atoms with E-state index in [1.54, 1.807) is 18.3 Å². The molecule has 2 N–H and O–H groups in total. The van der Waals surface area contributed by atoms with E-state index in [-0.39, 0.29) is 23.9 Å². The highest BCUT2D eigenvalue weighted by Gasteiger charge is 2.38. The Labute approximate surface area is 122 Å². The van der Waals surface area contributed by atoms with Gasteiger partial charge in [0.25, 0.3) is 0 Å². The first kappa shape index (κ1) is 14.8. The first-order chi connectivity index (χ1) is 9.51. The lowest BCUT2D eigenvalue weighted by Crippen LogP contribution is -2.27. The first-order valence-corrected chi connectivity index (χ1v) is 7.01. The van der Waals surface area contributed by atoms with Crippen molar-refractivity contribution in [3.05, 3.63) is 23.5 Å². The van der Waals surface area contributed by atoms with E-state index in [1.807, 2.05) is 0 Å². The monoisotopic (exact) mass is 296 g/mol. The van der Waals surface area contributed by atoms with Gasteiger partial charge in [-0.2, -0.15) is 0 Å². The number of carboxylic acids is 1. The van der Waals surface area contributed by atoms with Gasteiger partial charge in [0.2, 0.25) is 5.91 Å². The molecule has 1 heterocycles. The van der Waals surface area contributed by atoms with Crippen molar-refractivity contribution in [2.45, 2.75) is 38.5 Å². The molecule has 5 nitrogen and oxygen atoms in total. The van der Waals surface area contributed by atoms with Crippen molar-refractivity contribution in [3.8, 4) is 0 Å². The van der Waals surface area contributed by atoms with Crippen LogP contribution in [0.1, 0.15) is 38.5 Å². The molecule has 6 heteroatoms. The predicted molar refractivity (Wildman–Crippen MR) is 75.6 cm³/mol. The molecule has 0 saturated heterocycles. The second-order valence-electron chi connectivity index (χ2n) is 5.34. The lowest BCUT2D eigenvalue weighted by Gasteiger charge is -2.26. The molecule has 1 aromatic rings. The second kappa shape index (κ2) is 6.22. The Morgan fingerprint density at radius 1 is 1.35 bits per heavy atom. The van der Waals surface area contributed by atoms with Crippen molar-refractivity contribution in [2.75, 3.05) is 5.32 Å². The highest BCUT2D eigenvalue weighted by Crippen LogP contribution is 2.44. The Morgan fingerprint density at radius 2 is 2.05 bits per heavy atom. The summed E-state index contributed by atoms with van der Waals surface area (Å²) in [7, 11) is 0. The van der Waals surface area contributed by atoms with Crippen molar-refractivity contribution in [3.63, 3.8) is 0 Å². The maximum absolute atomic E-state index is 12.1. The van der Waals surface area contributed by atoms with Crippen molar-refractivity contribution in [1.82, 2.24) is 4.98 Å². The molecule has 0 atom stereocenters. The molecule has 0 aliphatic heterocycles. The summed E-state index contributed by atoms with van der Waals surface area (Å²) in [5.41, 5.74) is 0.0487. The summed E-state index contributed by atoms with van der Waals surface area (Å²) in [5, 5.41) is 12.0. The molecule has 1 saturated carbocycles. The number of carbonyl (C=O) groups is 2. The van der Waals surface area contributed by atoms with Crippen LogP contribution in [0, 0.1) is 5.41 Å². The van der Waals surface area contributed by atoms with E-state index < -0.39 is 11.4 Å². The van der Waals surface area contributed by atoms with Crippen LogP contribution < -0.4 is 5.32 Å². The van der Waals surface area contributed by atoms with Crippen molar-refractivity contribution in [1.29, 1.82) is 0 Å².